The van der Waals surface area contributed by atoms with E-state index in [1.165, 1.54) is 6.07 Å². The minimum Gasteiger partial charge on any atom is -0.379 e. The molecular weight excluding hydrogens is 1170 g/mol. The van der Waals surface area contributed by atoms with Gasteiger partial charge in [-0.25, -0.2) is 13.9 Å². The molecule has 4 atom stereocenters. The highest BCUT2D eigenvalue weighted by Gasteiger charge is 2.30. The third kappa shape index (κ3) is 21.7. The summed E-state index contributed by atoms with van der Waals surface area (Å²) in [6.45, 7) is 7.48. The Kier molecular flexibility index (Phi) is 26.5. The van der Waals surface area contributed by atoms with E-state index >= 15 is 4.39 Å². The number of hydrogen-bond acceptors (Lipinski definition) is 15. The van der Waals surface area contributed by atoms with Gasteiger partial charge in [-0.05, 0) is 98.7 Å². The van der Waals surface area contributed by atoms with Crippen LogP contribution in [0.25, 0.3) is 5.69 Å². The number of rotatable bonds is 35. The summed E-state index contributed by atoms with van der Waals surface area (Å²) in [4.78, 5) is 85.9. The Balaban J connectivity index is 0.620. The van der Waals surface area contributed by atoms with Crippen LogP contribution >= 0.6 is 11.8 Å². The molecule has 2 aromatic carbocycles. The van der Waals surface area contributed by atoms with Crippen LogP contribution in [0.2, 0.25) is 0 Å². The second-order valence-corrected chi connectivity index (χ2v) is 24.5. The number of anilines is 1. The van der Waals surface area contributed by atoms with E-state index in [0.717, 1.165) is 54.1 Å². The highest BCUT2D eigenvalue weighted by atomic mass is 32.2. The number of aryl methyl sites for hydroxylation is 2. The van der Waals surface area contributed by atoms with Gasteiger partial charge in [0.2, 0.25) is 23.6 Å². The number of pyridine rings is 1. The maximum Gasteiger partial charge on any atom is 0.312 e. The van der Waals surface area contributed by atoms with Crippen molar-refractivity contribution in [3.8, 4) is 5.69 Å². The highest BCUT2D eigenvalue weighted by molar-refractivity contribution is 8.00. The van der Waals surface area contributed by atoms with Crippen molar-refractivity contribution in [1.82, 2.24) is 49.9 Å². The summed E-state index contributed by atoms with van der Waals surface area (Å²) in [5, 5.41) is 19.1. The number of nitrogens with one attached hydrogen (secondary N) is 3. The lowest BCUT2D eigenvalue weighted by atomic mass is 10.1. The fourth-order valence-electron chi connectivity index (χ4n) is 10.4. The number of halogens is 1. The first kappa shape index (κ1) is 66.6. The Bertz CT molecular complexity index is 3140. The van der Waals surface area contributed by atoms with Crippen LogP contribution in [-0.2, 0) is 74.9 Å². The number of aromatic nitrogens is 5. The molecular formula is C62H81FN12O11S2. The highest BCUT2D eigenvalue weighted by Crippen LogP contribution is 2.31. The van der Waals surface area contributed by atoms with Gasteiger partial charge < -0.3 is 59.9 Å². The second kappa shape index (κ2) is 35.0. The number of piperazine rings is 1. The molecule has 0 bridgehead atoms. The molecule has 0 aliphatic carbocycles. The zero-order valence-electron chi connectivity index (χ0n) is 49.9. The van der Waals surface area contributed by atoms with Gasteiger partial charge in [0.15, 0.2) is 0 Å². The number of unbranched alkanes of at least 4 members (excludes halogenated alkanes) is 1. The van der Waals surface area contributed by atoms with Crippen molar-refractivity contribution in [2.75, 3.05) is 102 Å². The van der Waals surface area contributed by atoms with Crippen molar-refractivity contribution in [3.63, 3.8) is 0 Å². The maximum absolute atomic E-state index is 15.4. The summed E-state index contributed by atoms with van der Waals surface area (Å²) in [6.07, 6.45) is 12.7. The van der Waals surface area contributed by atoms with Gasteiger partial charge in [0.05, 0.1) is 107 Å². The van der Waals surface area contributed by atoms with E-state index in [1.807, 2.05) is 47.8 Å². The second-order valence-electron chi connectivity index (χ2n) is 21.8. The topological polar surface area (TPSA) is 277 Å². The van der Waals surface area contributed by atoms with Crippen LogP contribution in [0.1, 0.15) is 89.9 Å². The van der Waals surface area contributed by atoms with Crippen LogP contribution < -0.4 is 21.7 Å². The van der Waals surface area contributed by atoms with Crippen LogP contribution in [-0.4, -0.2) is 193 Å². The van der Waals surface area contributed by atoms with E-state index in [-0.39, 0.29) is 72.9 Å². The molecule has 5 N–H and O–H groups in total. The predicted molar refractivity (Wildman–Crippen MR) is 331 cm³/mol. The quantitative estimate of drug-likeness (QED) is 0.0384. The van der Waals surface area contributed by atoms with E-state index in [1.54, 1.807) is 85.6 Å². The third-order valence-electron chi connectivity index (χ3n) is 15.2. The Labute approximate surface area is 519 Å². The van der Waals surface area contributed by atoms with Crippen molar-refractivity contribution in [2.24, 2.45) is 5.73 Å². The molecule has 5 aromatic rings. The monoisotopic (exact) mass is 1250 g/mol. The molecule has 0 radical (unpaired) electrons. The van der Waals surface area contributed by atoms with E-state index in [2.05, 4.69) is 31.2 Å². The predicted octanol–water partition coefficient (Wildman–Crippen LogP) is 5.10. The van der Waals surface area contributed by atoms with Crippen molar-refractivity contribution in [2.45, 2.75) is 102 Å². The largest absolute Gasteiger partial charge is 0.379 e. The number of urea groups is 1. The summed E-state index contributed by atoms with van der Waals surface area (Å²) in [7, 11) is -1.22. The molecule has 26 heteroatoms. The number of carbonyl (C=O) groups excluding carboxylic acids is 6. The Morgan fingerprint density at radius 1 is 0.818 bits per heavy atom. The number of nitrogens with zero attached hydrogens (tertiary/aromatic N) is 8. The maximum atomic E-state index is 15.4. The zero-order valence-corrected chi connectivity index (χ0v) is 51.5. The van der Waals surface area contributed by atoms with Crippen molar-refractivity contribution in [3.05, 3.63) is 136 Å². The van der Waals surface area contributed by atoms with Gasteiger partial charge in [0.25, 0.3) is 5.91 Å². The number of amides is 7. The van der Waals surface area contributed by atoms with Gasteiger partial charge >= 0.3 is 6.03 Å². The molecule has 0 saturated carbocycles. The van der Waals surface area contributed by atoms with Gasteiger partial charge in [0, 0.05) is 115 Å². The molecule has 4 unspecified atom stereocenters. The molecule has 3 aromatic heterocycles. The molecule has 3 aliphatic rings. The lowest BCUT2D eigenvalue weighted by Crippen LogP contribution is -2.50. The van der Waals surface area contributed by atoms with Gasteiger partial charge in [-0.15, -0.1) is 5.10 Å². The lowest BCUT2D eigenvalue weighted by Gasteiger charge is -2.35. The van der Waals surface area contributed by atoms with E-state index < -0.39 is 28.7 Å². The molecule has 8 rings (SSSR count). The van der Waals surface area contributed by atoms with E-state index in [9.17, 15) is 33.0 Å². The normalized spacial score (nSPS) is 17.3. The minimum atomic E-state index is -1.22. The Morgan fingerprint density at radius 3 is 2.24 bits per heavy atom. The van der Waals surface area contributed by atoms with E-state index in [0.29, 0.717) is 133 Å². The number of carbonyl (C=O) groups is 6. The number of hydrogen-bond donors (Lipinski definition) is 4. The van der Waals surface area contributed by atoms with Gasteiger partial charge in [-0.2, -0.15) is 11.8 Å². The summed E-state index contributed by atoms with van der Waals surface area (Å²) < 4.78 is 53.4. The Hall–Kier alpha value is -7.36. The number of benzene rings is 2. The Morgan fingerprint density at radius 2 is 1.56 bits per heavy atom. The number of thioether (sulfide) groups is 1. The SMILES string of the molecule is Cc1cccn1-c1ccc(CC(=O)N(Cc2ccc(C(=O)N3CCN(C(=O)CCCc4cn(Cc5ccc(NC(=O)CCOCCOCCOCCOCCNC(=O)CCCCC6CC(NC(N)=O)CS6)cn5)nn4)CC3)cc2)C2C=CS(=O)C2)c(F)c1. The first-order valence-electron chi connectivity index (χ1n) is 30.1. The van der Waals surface area contributed by atoms with Gasteiger partial charge in [0.1, 0.15) is 5.82 Å². The fraction of sp³-hybridized carbons (Fsp3) is 0.500. The smallest absolute Gasteiger partial charge is 0.312 e. The average molecular weight is 1250 g/mol. The fourth-order valence-corrected chi connectivity index (χ4v) is 12.9. The first-order chi connectivity index (χ1) is 42.7. The van der Waals surface area contributed by atoms with Crippen LogP contribution in [0, 0.1) is 12.7 Å². The standard InChI is InChI=1S/C62H81FN12O11S2/c1-45-6-5-22-74(45)53-18-15-48(56(63)38-53)36-60(79)75(54-20-35-88(82)44-54)40-46-11-13-47(14-12-46)61(80)72-25-23-71(24-26-72)59(78)10-4-7-51-42-73(70-69-51)41-50-17-16-49(39-66-50)67-58(77)19-27-83-29-31-85-33-34-86-32-30-84-28-21-65-57(76)9-3-2-8-55-37-52(43-87-55)68-62(64)81/h5-6,11-18,20,22,35,38-39,42,52,54-55H,2-4,7-10,19,21,23-34,36-37,40-41,43-44H2,1H3,(H,65,76)(H,67,77)(H3,64,68,81). The van der Waals surface area contributed by atoms with Crippen LogP contribution in [0.5, 0.6) is 0 Å². The molecule has 2 fully saturated rings. The summed E-state index contributed by atoms with van der Waals surface area (Å²) in [5.41, 5.74) is 10.4. The third-order valence-corrected chi connectivity index (χ3v) is 17.8. The van der Waals surface area contributed by atoms with Gasteiger partial charge in [-0.3, -0.25) is 33.2 Å². The molecule has 3 aliphatic heterocycles. The molecule has 474 valence electrons. The van der Waals surface area contributed by atoms with Gasteiger partial charge in [-0.1, -0.05) is 35.9 Å². The summed E-state index contributed by atoms with van der Waals surface area (Å²) >= 11 is 1.85. The molecule has 6 heterocycles. The van der Waals surface area contributed by atoms with E-state index in [4.69, 9.17) is 24.7 Å². The molecule has 7 amide bonds. The minimum absolute atomic E-state index is 0.00941. The van der Waals surface area contributed by atoms with Crippen LogP contribution in [0.4, 0.5) is 14.9 Å². The number of primary amides is 1. The van der Waals surface area contributed by atoms with Crippen molar-refractivity contribution < 1.29 is 56.3 Å². The van der Waals surface area contributed by atoms with Crippen LogP contribution in [0.15, 0.2) is 96.8 Å². The average Bonchev–Trinajstić information content (AvgIpc) is 4.57. The zero-order chi connectivity index (χ0) is 62.0. The molecule has 2 saturated heterocycles. The summed E-state index contributed by atoms with van der Waals surface area (Å²) in [6, 6.07) is 18.5. The van der Waals surface area contributed by atoms with Crippen molar-refractivity contribution >= 4 is 63.8 Å². The first-order valence-corrected chi connectivity index (χ1v) is 32.5. The number of ether oxygens (including phenoxy) is 4. The molecule has 23 nitrogen and oxygen atoms in total. The lowest BCUT2D eigenvalue weighted by molar-refractivity contribution is -0.133. The van der Waals surface area contributed by atoms with Crippen molar-refractivity contribution in [1.29, 1.82) is 0 Å². The molecule has 88 heavy (non-hydrogen) atoms. The molecule has 0 spiro atoms. The number of nitrogens with two attached hydrogens (primary N) is 1. The van der Waals surface area contributed by atoms with Crippen LogP contribution in [0.3, 0.4) is 0 Å². The summed E-state index contributed by atoms with van der Waals surface area (Å²) in [5.74, 6) is 0.0195.